The Labute approximate surface area is 165 Å². The monoisotopic (exact) mass is 407 g/mol. The van der Waals surface area contributed by atoms with E-state index in [0.29, 0.717) is 23.1 Å². The third-order valence-electron chi connectivity index (χ3n) is 3.64. The van der Waals surface area contributed by atoms with E-state index in [1.807, 2.05) is 36.1 Å². The Kier molecular flexibility index (Phi) is 6.43. The van der Waals surface area contributed by atoms with Crippen molar-refractivity contribution >= 4 is 34.5 Å². The van der Waals surface area contributed by atoms with Crippen molar-refractivity contribution in [2.24, 2.45) is 17.3 Å². The van der Waals surface area contributed by atoms with Crippen LogP contribution in [-0.2, 0) is 13.6 Å². The lowest BCUT2D eigenvalue weighted by Crippen LogP contribution is -3.00. The fraction of sp³-hybridized carbons (Fsp3) is 0.125. The highest BCUT2D eigenvalue weighted by Gasteiger charge is 2.14. The molecule has 0 bridgehead atoms. The predicted molar refractivity (Wildman–Crippen MR) is 95.6 cm³/mol. The van der Waals surface area contributed by atoms with Crippen LogP contribution in [0.25, 0.3) is 0 Å². The van der Waals surface area contributed by atoms with Gasteiger partial charge in [-0.05, 0) is 17.7 Å². The molecule has 2 heterocycles. The van der Waals surface area contributed by atoms with E-state index in [0.717, 1.165) is 5.56 Å². The van der Waals surface area contributed by atoms with Gasteiger partial charge < -0.3 is 18.1 Å². The van der Waals surface area contributed by atoms with Crippen LogP contribution < -0.4 is 22.7 Å². The molecule has 0 saturated heterocycles. The molecular formula is C16H15Cl2N7O2. The van der Waals surface area contributed by atoms with E-state index in [4.69, 9.17) is 17.3 Å². The van der Waals surface area contributed by atoms with E-state index in [9.17, 15) is 10.1 Å². The first-order valence-electron chi connectivity index (χ1n) is 7.55. The van der Waals surface area contributed by atoms with Crippen molar-refractivity contribution in [3.8, 4) is 0 Å². The number of anilines is 1. The average molecular weight is 408 g/mol. The molecule has 0 amide bonds. The molecule has 2 aromatic heterocycles. The number of nitro groups is 1. The summed E-state index contributed by atoms with van der Waals surface area (Å²) in [5.74, 6) is 0.312. The van der Waals surface area contributed by atoms with Gasteiger partial charge in [-0.25, -0.2) is 9.25 Å². The summed E-state index contributed by atoms with van der Waals surface area (Å²) in [5, 5.41) is 23.5. The molecule has 27 heavy (non-hydrogen) atoms. The molecule has 0 spiro atoms. The highest BCUT2D eigenvalue weighted by atomic mass is 35.5. The number of rotatable bonds is 5. The number of pyridine rings is 1. The van der Waals surface area contributed by atoms with Gasteiger partial charge in [-0.3, -0.25) is 10.1 Å². The topological polar surface area (TPSA) is 116 Å². The van der Waals surface area contributed by atoms with E-state index < -0.39 is 4.92 Å². The third kappa shape index (κ3) is 4.78. The van der Waals surface area contributed by atoms with Gasteiger partial charge in [0.15, 0.2) is 18.1 Å². The van der Waals surface area contributed by atoms with Gasteiger partial charge in [-0.2, -0.15) is 5.10 Å². The Balaban J connectivity index is 0.00000261. The lowest BCUT2D eigenvalue weighted by molar-refractivity contribution is -0.671. The van der Waals surface area contributed by atoms with Crippen molar-refractivity contribution in [2.45, 2.75) is 6.54 Å². The Morgan fingerprint density at radius 3 is 2.59 bits per heavy atom. The predicted octanol–water partition coefficient (Wildman–Crippen LogP) is 0.319. The molecule has 3 aromatic rings. The van der Waals surface area contributed by atoms with Crippen molar-refractivity contribution in [1.82, 2.24) is 9.78 Å². The number of nitrogens with zero attached hydrogens (tertiary/aromatic N) is 6. The van der Waals surface area contributed by atoms with Crippen molar-refractivity contribution in [3.63, 3.8) is 0 Å². The largest absolute Gasteiger partial charge is 1.00 e. The first-order chi connectivity index (χ1) is 12.4. The van der Waals surface area contributed by atoms with Crippen LogP contribution >= 0.6 is 11.6 Å². The number of hydrogen-bond acceptors (Lipinski definition) is 6. The summed E-state index contributed by atoms with van der Waals surface area (Å²) in [5.41, 5.74) is 7.25. The zero-order chi connectivity index (χ0) is 18.7. The Morgan fingerprint density at radius 1 is 1.26 bits per heavy atom. The smallest absolute Gasteiger partial charge is 0.296 e. The van der Waals surface area contributed by atoms with Gasteiger partial charge in [-0.1, -0.05) is 11.6 Å². The average Bonchev–Trinajstić information content (AvgIpc) is 2.95. The van der Waals surface area contributed by atoms with Crippen LogP contribution in [0.15, 0.2) is 59.2 Å². The van der Waals surface area contributed by atoms with Crippen molar-refractivity contribution in [2.75, 3.05) is 5.73 Å². The van der Waals surface area contributed by atoms with E-state index in [2.05, 4.69) is 15.3 Å². The van der Waals surface area contributed by atoms with Crippen LogP contribution in [0.1, 0.15) is 5.56 Å². The van der Waals surface area contributed by atoms with Crippen LogP contribution in [0.4, 0.5) is 22.9 Å². The summed E-state index contributed by atoms with van der Waals surface area (Å²) in [6.45, 7) is 0.472. The molecular weight excluding hydrogens is 393 g/mol. The highest BCUT2D eigenvalue weighted by molar-refractivity contribution is 6.30. The van der Waals surface area contributed by atoms with Crippen molar-refractivity contribution in [3.05, 3.63) is 69.6 Å². The second-order valence-corrected chi connectivity index (χ2v) is 5.97. The normalized spacial score (nSPS) is 10.7. The molecule has 0 unspecified atom stereocenters. The van der Waals surface area contributed by atoms with Crippen LogP contribution in [0, 0.1) is 10.1 Å². The minimum atomic E-state index is -0.549. The lowest BCUT2D eigenvalue weighted by atomic mass is 10.3. The van der Waals surface area contributed by atoms with E-state index >= 15 is 0 Å². The molecule has 0 aliphatic heterocycles. The highest BCUT2D eigenvalue weighted by Crippen LogP contribution is 2.32. The van der Waals surface area contributed by atoms with Crippen molar-refractivity contribution < 1.29 is 21.9 Å². The third-order valence-corrected chi connectivity index (χ3v) is 3.87. The fourth-order valence-corrected chi connectivity index (χ4v) is 2.40. The maximum Gasteiger partial charge on any atom is 0.296 e. The second-order valence-electron chi connectivity index (χ2n) is 5.53. The zero-order valence-corrected chi connectivity index (χ0v) is 15.7. The molecule has 1 aromatic carbocycles. The van der Waals surface area contributed by atoms with E-state index in [1.54, 1.807) is 4.68 Å². The zero-order valence-electron chi connectivity index (χ0n) is 14.2. The van der Waals surface area contributed by atoms with Crippen LogP contribution in [0.2, 0.25) is 5.02 Å². The van der Waals surface area contributed by atoms with Gasteiger partial charge in [0.25, 0.3) is 5.69 Å². The first kappa shape index (κ1) is 20.3. The summed E-state index contributed by atoms with van der Waals surface area (Å²) >= 11 is 5.87. The van der Waals surface area contributed by atoms with Gasteiger partial charge in [0.2, 0.25) is 0 Å². The minimum absolute atomic E-state index is 0. The van der Waals surface area contributed by atoms with Gasteiger partial charge in [0.05, 0.1) is 17.7 Å². The second kappa shape index (κ2) is 8.56. The van der Waals surface area contributed by atoms with Crippen LogP contribution in [0.5, 0.6) is 0 Å². The number of hydrogen-bond donors (Lipinski definition) is 1. The molecule has 9 nitrogen and oxygen atoms in total. The van der Waals surface area contributed by atoms with Crippen LogP contribution in [-0.4, -0.2) is 14.7 Å². The quantitative estimate of drug-likeness (QED) is 0.283. The maximum absolute atomic E-state index is 11.1. The van der Waals surface area contributed by atoms with Crippen molar-refractivity contribution in [1.29, 1.82) is 0 Å². The Hall–Kier alpha value is -3.04. The van der Waals surface area contributed by atoms with Gasteiger partial charge in [0, 0.05) is 23.2 Å². The first-order valence-corrected chi connectivity index (χ1v) is 7.93. The molecule has 3 rings (SSSR count). The molecule has 140 valence electrons. The van der Waals surface area contributed by atoms with Gasteiger partial charge >= 0.3 is 0 Å². The summed E-state index contributed by atoms with van der Waals surface area (Å²) in [7, 11) is 1.93. The minimum Gasteiger partial charge on any atom is -1.00 e. The summed E-state index contributed by atoms with van der Waals surface area (Å²) in [6, 6.07) is 7.98. The fourth-order valence-electron chi connectivity index (χ4n) is 2.24. The Morgan fingerprint density at radius 2 is 1.93 bits per heavy atom. The molecule has 2 N–H and O–H groups in total. The maximum atomic E-state index is 11.1. The molecule has 0 aliphatic carbocycles. The summed E-state index contributed by atoms with van der Waals surface area (Å²) in [4.78, 5) is 10.5. The van der Waals surface area contributed by atoms with Gasteiger partial charge in [-0.15, -0.1) is 10.2 Å². The number of halogens is 2. The SMILES string of the molecule is C[n+]1ccc(Cn2ncc(/N=N/c3cc(Cl)ccc3[N+](=O)[O-])c2N)cc1.[Cl-]. The number of nitrogens with two attached hydrogens (primary N) is 1. The number of azo groups is 1. The standard InChI is InChI=1S/C16H15ClN7O2.ClH/c1-22-6-4-11(5-7-22)10-23-16(18)14(9-19-23)21-20-13-8-12(17)2-3-15(13)24(25)26;/h2-9H,10,18H2,1H3;1H/q+1;/p-1/b21-20+;. The Bertz CT molecular complexity index is 987. The summed E-state index contributed by atoms with van der Waals surface area (Å²) in [6.07, 6.45) is 5.31. The molecule has 11 heteroatoms. The molecule has 0 aliphatic rings. The van der Waals surface area contributed by atoms with Crippen LogP contribution in [0.3, 0.4) is 0 Å². The molecule has 0 atom stereocenters. The molecule has 0 saturated carbocycles. The lowest BCUT2D eigenvalue weighted by Gasteiger charge is -2.03. The number of aromatic nitrogens is 3. The molecule has 0 fully saturated rings. The number of nitrogen functional groups attached to an aromatic ring is 1. The number of aryl methyl sites for hydroxylation is 1. The summed E-state index contributed by atoms with van der Waals surface area (Å²) < 4.78 is 3.50. The van der Waals surface area contributed by atoms with E-state index in [-0.39, 0.29) is 23.8 Å². The number of benzene rings is 1. The number of nitro benzene ring substituents is 1. The van der Waals surface area contributed by atoms with Gasteiger partial charge in [0.1, 0.15) is 18.6 Å². The van der Waals surface area contributed by atoms with E-state index in [1.165, 1.54) is 24.4 Å². The molecule has 0 radical (unpaired) electrons.